The minimum Gasteiger partial charge on any atom is -0.493 e. The Morgan fingerprint density at radius 3 is 2.53 bits per heavy atom. The highest BCUT2D eigenvalue weighted by Gasteiger charge is 2.37. The van der Waals surface area contributed by atoms with Crippen LogP contribution in [0.1, 0.15) is 45.3 Å². The highest BCUT2D eigenvalue weighted by molar-refractivity contribution is 5.30. The largest absolute Gasteiger partial charge is 0.493 e. The molecule has 1 aromatic rings. The second-order valence-corrected chi connectivity index (χ2v) is 5.40. The standard InChI is InChI=1S/C14H28N4O/c1-7-9-18-12(11(19-6)10-16-18)13(15)14(3,8-2)17(4)5/h10,13H,7-9,15H2,1-6H3. The topological polar surface area (TPSA) is 56.3 Å². The van der Waals surface area contributed by atoms with Gasteiger partial charge in [-0.3, -0.25) is 4.68 Å². The number of ether oxygens (including phenoxy) is 1. The second kappa shape index (κ2) is 6.39. The quantitative estimate of drug-likeness (QED) is 0.822. The van der Waals surface area contributed by atoms with Crippen molar-refractivity contribution in [1.29, 1.82) is 0 Å². The van der Waals surface area contributed by atoms with Crippen LogP contribution in [0.2, 0.25) is 0 Å². The fourth-order valence-corrected chi connectivity index (χ4v) is 2.35. The van der Waals surface area contributed by atoms with Crippen molar-refractivity contribution in [2.45, 2.75) is 51.7 Å². The maximum Gasteiger partial charge on any atom is 0.161 e. The molecular formula is C14H28N4O. The number of aromatic nitrogens is 2. The first-order valence-corrected chi connectivity index (χ1v) is 6.95. The van der Waals surface area contributed by atoms with Crippen LogP contribution < -0.4 is 10.5 Å². The van der Waals surface area contributed by atoms with Gasteiger partial charge in [-0.15, -0.1) is 0 Å². The van der Waals surface area contributed by atoms with Crippen molar-refractivity contribution in [2.75, 3.05) is 21.2 Å². The van der Waals surface area contributed by atoms with Crippen molar-refractivity contribution in [2.24, 2.45) is 5.73 Å². The van der Waals surface area contributed by atoms with Crippen LogP contribution in [0.25, 0.3) is 0 Å². The van der Waals surface area contributed by atoms with E-state index in [4.69, 9.17) is 10.5 Å². The Hall–Kier alpha value is -1.07. The summed E-state index contributed by atoms with van der Waals surface area (Å²) in [5.41, 5.74) is 7.42. The van der Waals surface area contributed by atoms with Crippen LogP contribution in [0.4, 0.5) is 0 Å². The van der Waals surface area contributed by atoms with E-state index in [1.165, 1.54) is 0 Å². The third kappa shape index (κ3) is 2.92. The van der Waals surface area contributed by atoms with Gasteiger partial charge in [-0.1, -0.05) is 13.8 Å². The van der Waals surface area contributed by atoms with Crippen molar-refractivity contribution < 1.29 is 4.74 Å². The van der Waals surface area contributed by atoms with Gasteiger partial charge in [0, 0.05) is 12.1 Å². The molecule has 2 unspecified atom stereocenters. The van der Waals surface area contributed by atoms with Crippen LogP contribution in [-0.2, 0) is 6.54 Å². The van der Waals surface area contributed by atoms with Crippen LogP contribution in [0.5, 0.6) is 5.75 Å². The van der Waals surface area contributed by atoms with Gasteiger partial charge in [-0.2, -0.15) is 5.10 Å². The van der Waals surface area contributed by atoms with Crippen LogP contribution in [0.3, 0.4) is 0 Å². The fraction of sp³-hybridized carbons (Fsp3) is 0.786. The molecule has 0 amide bonds. The number of nitrogens with zero attached hydrogens (tertiary/aromatic N) is 3. The summed E-state index contributed by atoms with van der Waals surface area (Å²) in [4.78, 5) is 2.18. The van der Waals surface area contributed by atoms with E-state index in [0.717, 1.165) is 30.8 Å². The number of aryl methyl sites for hydroxylation is 1. The Morgan fingerprint density at radius 2 is 2.11 bits per heavy atom. The van der Waals surface area contributed by atoms with Crippen molar-refractivity contribution in [3.8, 4) is 5.75 Å². The third-order valence-corrected chi connectivity index (χ3v) is 4.20. The van der Waals surface area contributed by atoms with Gasteiger partial charge in [0.1, 0.15) is 0 Å². The fourth-order valence-electron chi connectivity index (χ4n) is 2.35. The average molecular weight is 268 g/mol. The SMILES string of the molecule is CCCn1ncc(OC)c1C(N)C(C)(CC)N(C)C. The maximum absolute atomic E-state index is 6.55. The van der Waals surface area contributed by atoms with E-state index in [9.17, 15) is 0 Å². The van der Waals surface area contributed by atoms with Crippen molar-refractivity contribution >= 4 is 0 Å². The van der Waals surface area contributed by atoms with Gasteiger partial charge >= 0.3 is 0 Å². The van der Waals surface area contributed by atoms with Crippen LogP contribution in [-0.4, -0.2) is 41.4 Å². The minimum atomic E-state index is -0.142. The Kier molecular flexibility index (Phi) is 5.38. The molecule has 0 aromatic carbocycles. The number of hydrogen-bond acceptors (Lipinski definition) is 4. The Balaban J connectivity index is 3.22. The summed E-state index contributed by atoms with van der Waals surface area (Å²) < 4.78 is 7.40. The van der Waals surface area contributed by atoms with Gasteiger partial charge in [0.05, 0.1) is 25.0 Å². The first kappa shape index (κ1) is 16.0. The molecule has 1 rings (SSSR count). The molecular weight excluding hydrogens is 240 g/mol. The van der Waals surface area contributed by atoms with Gasteiger partial charge in [0.2, 0.25) is 0 Å². The molecule has 0 aliphatic rings. The molecule has 0 saturated heterocycles. The van der Waals surface area contributed by atoms with Crippen molar-refractivity contribution in [3.63, 3.8) is 0 Å². The summed E-state index contributed by atoms with van der Waals surface area (Å²) in [6.07, 6.45) is 3.74. The lowest BCUT2D eigenvalue weighted by atomic mass is 9.86. The summed E-state index contributed by atoms with van der Waals surface area (Å²) in [5.74, 6) is 0.780. The normalized spacial score (nSPS) is 16.4. The molecule has 2 N–H and O–H groups in total. The highest BCUT2D eigenvalue weighted by atomic mass is 16.5. The average Bonchev–Trinajstić information content (AvgIpc) is 2.79. The number of methoxy groups -OCH3 is 1. The lowest BCUT2D eigenvalue weighted by molar-refractivity contribution is 0.126. The molecule has 2 atom stereocenters. The van der Waals surface area contributed by atoms with Crippen LogP contribution >= 0.6 is 0 Å². The van der Waals surface area contributed by atoms with E-state index in [2.05, 4.69) is 44.9 Å². The van der Waals surface area contributed by atoms with Gasteiger partial charge in [0.15, 0.2) is 5.75 Å². The summed E-state index contributed by atoms with van der Waals surface area (Å²) in [6, 6.07) is -0.142. The molecule has 0 aliphatic carbocycles. The minimum absolute atomic E-state index is 0.126. The monoisotopic (exact) mass is 268 g/mol. The van der Waals surface area contributed by atoms with E-state index in [-0.39, 0.29) is 11.6 Å². The number of likely N-dealkylation sites (N-methyl/N-ethyl adjacent to an activating group) is 1. The lowest BCUT2D eigenvalue weighted by Gasteiger charge is -2.41. The van der Waals surface area contributed by atoms with Gasteiger partial charge in [0.25, 0.3) is 0 Å². The van der Waals surface area contributed by atoms with Gasteiger partial charge in [-0.05, 0) is 33.9 Å². The number of rotatable bonds is 7. The molecule has 0 bridgehead atoms. The predicted octanol–water partition coefficient (Wildman–Crippen LogP) is 2.03. The number of nitrogens with two attached hydrogens (primary N) is 1. The summed E-state index contributed by atoms with van der Waals surface area (Å²) in [5, 5.41) is 4.40. The molecule has 19 heavy (non-hydrogen) atoms. The third-order valence-electron chi connectivity index (χ3n) is 4.20. The van der Waals surface area contributed by atoms with E-state index < -0.39 is 0 Å². The van der Waals surface area contributed by atoms with Gasteiger partial charge in [-0.25, -0.2) is 0 Å². The zero-order valence-corrected chi connectivity index (χ0v) is 13.1. The number of hydrogen-bond donors (Lipinski definition) is 1. The molecule has 5 heteroatoms. The van der Waals surface area contributed by atoms with Crippen molar-refractivity contribution in [3.05, 3.63) is 11.9 Å². The summed E-state index contributed by atoms with van der Waals surface area (Å²) >= 11 is 0. The first-order valence-electron chi connectivity index (χ1n) is 6.95. The zero-order valence-electron chi connectivity index (χ0n) is 13.1. The van der Waals surface area contributed by atoms with Crippen molar-refractivity contribution in [1.82, 2.24) is 14.7 Å². The van der Waals surface area contributed by atoms with Crippen LogP contribution in [0.15, 0.2) is 6.20 Å². The Bertz CT molecular complexity index is 402. The summed E-state index contributed by atoms with van der Waals surface area (Å²) in [7, 11) is 5.80. The summed E-state index contributed by atoms with van der Waals surface area (Å²) in [6.45, 7) is 7.33. The Morgan fingerprint density at radius 1 is 1.47 bits per heavy atom. The molecule has 0 radical (unpaired) electrons. The highest BCUT2D eigenvalue weighted by Crippen LogP contribution is 2.35. The first-order chi connectivity index (χ1) is 8.92. The van der Waals surface area contributed by atoms with Gasteiger partial charge < -0.3 is 15.4 Å². The molecule has 0 aliphatic heterocycles. The van der Waals surface area contributed by atoms with E-state index in [0.29, 0.717) is 0 Å². The molecule has 110 valence electrons. The van der Waals surface area contributed by atoms with E-state index in [1.807, 2.05) is 4.68 Å². The smallest absolute Gasteiger partial charge is 0.161 e. The molecule has 0 spiro atoms. The second-order valence-electron chi connectivity index (χ2n) is 5.40. The van der Waals surface area contributed by atoms with E-state index >= 15 is 0 Å². The lowest BCUT2D eigenvalue weighted by Crippen LogP contribution is -2.50. The molecule has 5 nitrogen and oxygen atoms in total. The molecule has 0 fully saturated rings. The molecule has 1 heterocycles. The molecule has 1 aromatic heterocycles. The van der Waals surface area contributed by atoms with Crippen LogP contribution in [0, 0.1) is 0 Å². The Labute approximate surface area is 116 Å². The van der Waals surface area contributed by atoms with E-state index in [1.54, 1.807) is 13.3 Å². The zero-order chi connectivity index (χ0) is 14.6. The maximum atomic E-state index is 6.55. The predicted molar refractivity (Wildman–Crippen MR) is 78.4 cm³/mol. The molecule has 0 saturated carbocycles.